The van der Waals surface area contributed by atoms with E-state index in [1.54, 1.807) is 24.4 Å². The molecule has 3 saturated carbocycles. The molecule has 7 rings (SSSR count). The number of aryl methyl sites for hydroxylation is 1. The van der Waals surface area contributed by atoms with Crippen molar-refractivity contribution in [2.45, 2.75) is 43.5 Å². The molecule has 3 aromatic heterocycles. The molecule has 0 spiro atoms. The van der Waals surface area contributed by atoms with E-state index < -0.39 is 15.8 Å². The summed E-state index contributed by atoms with van der Waals surface area (Å²) in [5, 5.41) is 3.89. The molecule has 0 radical (unpaired) electrons. The molecule has 0 amide bonds. The molecule has 3 fully saturated rings. The van der Waals surface area contributed by atoms with Gasteiger partial charge in [-0.1, -0.05) is 17.7 Å². The monoisotopic (exact) mass is 548 g/mol. The molecule has 1 N–H and O–H groups in total. The third-order valence-corrected chi connectivity index (χ3v) is 9.88. The van der Waals surface area contributed by atoms with Crippen molar-refractivity contribution in [3.8, 4) is 11.3 Å². The molecular weight excluding hydrogens is 519 g/mol. The van der Waals surface area contributed by atoms with E-state index in [1.165, 1.54) is 31.5 Å². The van der Waals surface area contributed by atoms with Gasteiger partial charge in [0.2, 0.25) is 0 Å². The van der Waals surface area contributed by atoms with E-state index in [9.17, 15) is 17.6 Å². The smallest absolute Gasteiger partial charge is 0.311 e. The van der Waals surface area contributed by atoms with Gasteiger partial charge in [-0.15, -0.1) is 0 Å². The number of anilines is 1. The molecule has 3 aliphatic rings. The first kappa shape index (κ1) is 25.5. The molecule has 3 heterocycles. The van der Waals surface area contributed by atoms with E-state index in [0.717, 1.165) is 47.1 Å². The van der Waals surface area contributed by atoms with E-state index in [1.807, 2.05) is 13.0 Å². The molecule has 1 aromatic carbocycles. The second-order valence-corrected chi connectivity index (χ2v) is 12.3. The largest absolute Gasteiger partial charge is 0.469 e. The summed E-state index contributed by atoms with van der Waals surface area (Å²) in [5.41, 5.74) is 2.69. The molecule has 4 aromatic rings. The van der Waals surface area contributed by atoms with Crippen LogP contribution in [0.2, 0.25) is 0 Å². The van der Waals surface area contributed by atoms with Gasteiger partial charge in [0.25, 0.3) is 10.0 Å². The number of carbonyl (C=O) groups is 1. The Hall–Kier alpha value is -3.79. The number of rotatable bonds is 6. The van der Waals surface area contributed by atoms with Crippen LogP contribution in [0.1, 0.15) is 31.2 Å². The van der Waals surface area contributed by atoms with Crippen molar-refractivity contribution >= 4 is 32.7 Å². The average Bonchev–Trinajstić information content (AvgIpc) is 3.33. The quantitative estimate of drug-likeness (QED) is 0.332. The van der Waals surface area contributed by atoms with Crippen LogP contribution in [0.5, 0.6) is 0 Å². The lowest BCUT2D eigenvalue weighted by atomic mass is 9.61. The van der Waals surface area contributed by atoms with Gasteiger partial charge in [-0.3, -0.25) is 9.78 Å². The van der Waals surface area contributed by atoms with Crippen LogP contribution in [0.4, 0.5) is 10.1 Å². The second kappa shape index (κ2) is 9.75. The minimum atomic E-state index is -4.00. The molecule has 39 heavy (non-hydrogen) atoms. The first-order valence-corrected chi connectivity index (χ1v) is 14.5. The Bertz CT molecular complexity index is 1660. The lowest BCUT2D eigenvalue weighted by Gasteiger charge is -2.47. The van der Waals surface area contributed by atoms with Crippen LogP contribution in [0.25, 0.3) is 22.3 Å². The van der Waals surface area contributed by atoms with Crippen molar-refractivity contribution in [3.63, 3.8) is 0 Å². The minimum absolute atomic E-state index is 0.0671. The number of hydrogen-bond donors (Lipinski definition) is 1. The van der Waals surface area contributed by atoms with Gasteiger partial charge in [-0.25, -0.2) is 21.8 Å². The van der Waals surface area contributed by atoms with E-state index >= 15 is 0 Å². The maximum absolute atomic E-state index is 14.3. The Balaban J connectivity index is 1.41. The first-order valence-electron chi connectivity index (χ1n) is 13.1. The van der Waals surface area contributed by atoms with Crippen LogP contribution in [-0.4, -0.2) is 41.5 Å². The standard InChI is InChI=1S/C29H29FN4O4S/c1-17-3-9-22(10-4-17)39(36,37)34-16-24(23-13-20(30)15-32-28(23)34)25-14-21(11-12-31-25)33-27-19-7-5-18(6-8-19)26(27)29(35)38-2/h3-4,9-16,18-19,26-27H,5-8H2,1-2H3,(H,31,33). The van der Waals surface area contributed by atoms with Gasteiger partial charge < -0.3 is 10.1 Å². The molecular formula is C29H29FN4O4S. The highest BCUT2D eigenvalue weighted by molar-refractivity contribution is 7.90. The highest BCUT2D eigenvalue weighted by Gasteiger charge is 2.47. The Morgan fingerprint density at radius 2 is 1.77 bits per heavy atom. The number of carbonyl (C=O) groups excluding carboxylic acids is 1. The van der Waals surface area contributed by atoms with Gasteiger partial charge >= 0.3 is 5.97 Å². The van der Waals surface area contributed by atoms with Crippen molar-refractivity contribution in [1.29, 1.82) is 0 Å². The Morgan fingerprint density at radius 3 is 2.49 bits per heavy atom. The summed E-state index contributed by atoms with van der Waals surface area (Å²) in [5.74, 6) is -0.348. The zero-order chi connectivity index (χ0) is 27.3. The average molecular weight is 549 g/mol. The van der Waals surface area contributed by atoms with Crippen molar-refractivity contribution in [2.75, 3.05) is 12.4 Å². The molecule has 2 atom stereocenters. The number of esters is 1. The summed E-state index contributed by atoms with van der Waals surface area (Å²) in [6.45, 7) is 1.88. The summed E-state index contributed by atoms with van der Waals surface area (Å²) in [6.07, 6.45) is 8.24. The number of nitrogens with zero attached hydrogens (tertiary/aromatic N) is 3. The van der Waals surface area contributed by atoms with Gasteiger partial charge in [0.05, 0.1) is 29.8 Å². The van der Waals surface area contributed by atoms with Gasteiger partial charge in [-0.05, 0) is 74.8 Å². The fraction of sp³-hybridized carbons (Fsp3) is 0.345. The first-order chi connectivity index (χ1) is 18.8. The van der Waals surface area contributed by atoms with E-state index in [0.29, 0.717) is 28.5 Å². The molecule has 8 nitrogen and oxygen atoms in total. The van der Waals surface area contributed by atoms with Crippen molar-refractivity contribution in [3.05, 3.63) is 72.4 Å². The van der Waals surface area contributed by atoms with E-state index in [-0.39, 0.29) is 28.5 Å². The molecule has 10 heteroatoms. The second-order valence-electron chi connectivity index (χ2n) is 10.5. The van der Waals surface area contributed by atoms with Gasteiger partial charge in [-0.2, -0.15) is 0 Å². The maximum atomic E-state index is 14.3. The lowest BCUT2D eigenvalue weighted by molar-refractivity contribution is -0.152. The zero-order valence-electron chi connectivity index (χ0n) is 21.7. The Morgan fingerprint density at radius 1 is 1.05 bits per heavy atom. The van der Waals surface area contributed by atoms with Crippen molar-refractivity contribution < 1.29 is 22.3 Å². The summed E-state index contributed by atoms with van der Waals surface area (Å²) in [7, 11) is -2.57. The van der Waals surface area contributed by atoms with Crippen molar-refractivity contribution in [2.24, 2.45) is 17.8 Å². The van der Waals surface area contributed by atoms with Crippen LogP contribution in [0, 0.1) is 30.5 Å². The number of halogens is 1. The SMILES string of the molecule is COC(=O)C1C2CCC(CC2)C1Nc1ccnc(-c2cn(S(=O)(=O)c3ccc(C)cc3)c3ncc(F)cc23)c1. The summed E-state index contributed by atoms with van der Waals surface area (Å²) in [4.78, 5) is 21.4. The molecule has 2 unspecified atom stereocenters. The summed E-state index contributed by atoms with van der Waals surface area (Å²) in [6, 6.07) is 11.4. The third-order valence-electron chi connectivity index (χ3n) is 8.22. The predicted octanol–water partition coefficient (Wildman–Crippen LogP) is 5.17. The number of pyridine rings is 2. The topological polar surface area (TPSA) is 103 Å². The summed E-state index contributed by atoms with van der Waals surface area (Å²) >= 11 is 0. The van der Waals surface area contributed by atoms with Crippen LogP contribution in [-0.2, 0) is 19.6 Å². The molecule has 2 bridgehead atoms. The third kappa shape index (κ3) is 4.46. The Kier molecular flexibility index (Phi) is 6.37. The number of aromatic nitrogens is 3. The molecule has 3 aliphatic carbocycles. The number of nitrogens with one attached hydrogen (secondary N) is 1. The van der Waals surface area contributed by atoms with E-state index in [2.05, 4.69) is 15.3 Å². The Labute approximate surface area is 226 Å². The number of hydrogen-bond acceptors (Lipinski definition) is 7. The number of benzene rings is 1. The number of ether oxygens (including phenoxy) is 1. The number of fused-ring (bicyclic) bond motifs is 4. The van der Waals surface area contributed by atoms with Crippen LogP contribution in [0.15, 0.2) is 66.0 Å². The van der Waals surface area contributed by atoms with Gasteiger partial charge in [0, 0.05) is 35.1 Å². The van der Waals surface area contributed by atoms with Crippen LogP contribution in [0.3, 0.4) is 0 Å². The van der Waals surface area contributed by atoms with Crippen LogP contribution < -0.4 is 5.32 Å². The zero-order valence-corrected chi connectivity index (χ0v) is 22.5. The fourth-order valence-electron chi connectivity index (χ4n) is 6.26. The minimum Gasteiger partial charge on any atom is -0.469 e. The van der Waals surface area contributed by atoms with E-state index in [4.69, 9.17) is 4.74 Å². The van der Waals surface area contributed by atoms with Gasteiger partial charge in [0.15, 0.2) is 5.65 Å². The van der Waals surface area contributed by atoms with Crippen LogP contribution >= 0.6 is 0 Å². The highest BCUT2D eigenvalue weighted by Crippen LogP contribution is 2.47. The summed E-state index contributed by atoms with van der Waals surface area (Å²) < 4.78 is 47.7. The normalized spacial score (nSPS) is 22.6. The molecule has 0 aliphatic heterocycles. The number of methoxy groups -OCH3 is 1. The van der Waals surface area contributed by atoms with Crippen molar-refractivity contribution in [1.82, 2.24) is 13.9 Å². The molecule has 0 saturated heterocycles. The van der Waals surface area contributed by atoms with Gasteiger partial charge in [0.1, 0.15) is 5.82 Å². The highest BCUT2D eigenvalue weighted by atomic mass is 32.2. The predicted molar refractivity (Wildman–Crippen MR) is 145 cm³/mol. The maximum Gasteiger partial charge on any atom is 0.311 e. The lowest BCUT2D eigenvalue weighted by Crippen LogP contribution is -2.51. The fourth-order valence-corrected chi connectivity index (χ4v) is 7.58. The molecule has 202 valence electrons.